The predicted octanol–water partition coefficient (Wildman–Crippen LogP) is 3.46. The smallest absolute Gasteiger partial charge is 0.125 e. The number of nitrogen functional groups attached to an aromatic ring is 1. The predicted molar refractivity (Wildman–Crippen MR) is 91.0 cm³/mol. The summed E-state index contributed by atoms with van der Waals surface area (Å²) in [5, 5.41) is 20.3. The van der Waals surface area contributed by atoms with Crippen LogP contribution in [0.1, 0.15) is 36.1 Å². The van der Waals surface area contributed by atoms with Crippen LogP contribution in [0.5, 0.6) is 5.75 Å². The summed E-state index contributed by atoms with van der Waals surface area (Å²) in [7, 11) is 0. The van der Waals surface area contributed by atoms with Crippen molar-refractivity contribution in [2.75, 3.05) is 17.7 Å². The quantitative estimate of drug-likeness (QED) is 0.597. The number of nitrogens with zero attached hydrogens (tertiary/aromatic N) is 1. The van der Waals surface area contributed by atoms with Crippen molar-refractivity contribution >= 4 is 17.1 Å². The van der Waals surface area contributed by atoms with Crippen molar-refractivity contribution in [2.45, 2.75) is 19.4 Å². The lowest BCUT2D eigenvalue weighted by atomic mass is 9.98. The van der Waals surface area contributed by atoms with Gasteiger partial charge >= 0.3 is 0 Å². The van der Waals surface area contributed by atoms with Crippen molar-refractivity contribution in [3.05, 3.63) is 53.1 Å². The minimum atomic E-state index is 0.106. The van der Waals surface area contributed by atoms with Crippen molar-refractivity contribution in [3.63, 3.8) is 0 Å². The van der Waals surface area contributed by atoms with E-state index in [1.165, 1.54) is 0 Å². The van der Waals surface area contributed by atoms with Crippen molar-refractivity contribution in [3.8, 4) is 11.8 Å². The van der Waals surface area contributed by atoms with Gasteiger partial charge in [0.2, 0.25) is 0 Å². The first-order chi connectivity index (χ1) is 11.1. The van der Waals surface area contributed by atoms with Gasteiger partial charge in [-0.3, -0.25) is 0 Å². The Balaban J connectivity index is 1.89. The Morgan fingerprint density at radius 2 is 2.17 bits per heavy atom. The monoisotopic (exact) mass is 306 g/mol. The fourth-order valence-electron chi connectivity index (χ4n) is 2.78. The van der Waals surface area contributed by atoms with Crippen LogP contribution in [0.3, 0.4) is 0 Å². The molecule has 2 aromatic rings. The number of hydrogen-bond acceptors (Lipinski definition) is 5. The highest BCUT2D eigenvalue weighted by Gasteiger charge is 2.22. The SMILES string of the molecule is CC(=N)c1cc(NC2CCOc3cc(C#N)ccc32)ccc1N. The topological polar surface area (TPSA) is 94.9 Å². The lowest BCUT2D eigenvalue weighted by molar-refractivity contribution is 0.274. The first-order valence-electron chi connectivity index (χ1n) is 7.47. The van der Waals surface area contributed by atoms with Gasteiger partial charge in [-0.25, -0.2) is 0 Å². The Bertz CT molecular complexity index is 807. The minimum Gasteiger partial charge on any atom is -0.493 e. The largest absolute Gasteiger partial charge is 0.493 e. The molecule has 0 amide bonds. The van der Waals surface area contributed by atoms with Crippen molar-refractivity contribution < 1.29 is 4.74 Å². The lowest BCUT2D eigenvalue weighted by Crippen LogP contribution is -2.20. The summed E-state index contributed by atoms with van der Waals surface area (Å²) < 4.78 is 5.67. The number of nitrogens with two attached hydrogens (primary N) is 1. The molecule has 116 valence electrons. The number of anilines is 2. The number of fused-ring (bicyclic) bond motifs is 1. The van der Waals surface area contributed by atoms with Gasteiger partial charge in [0.1, 0.15) is 5.75 Å². The summed E-state index contributed by atoms with van der Waals surface area (Å²) in [5.41, 5.74) is 10.3. The van der Waals surface area contributed by atoms with Crippen molar-refractivity contribution in [2.24, 2.45) is 0 Å². The molecule has 3 rings (SSSR count). The van der Waals surface area contributed by atoms with E-state index in [0.717, 1.165) is 29.0 Å². The zero-order valence-corrected chi connectivity index (χ0v) is 12.9. The molecule has 0 spiro atoms. The molecule has 23 heavy (non-hydrogen) atoms. The van der Waals surface area contributed by atoms with Gasteiger partial charge in [-0.15, -0.1) is 0 Å². The molecule has 1 unspecified atom stereocenters. The highest BCUT2D eigenvalue weighted by Crippen LogP contribution is 2.35. The molecule has 5 nitrogen and oxygen atoms in total. The second kappa shape index (κ2) is 6.01. The molecular formula is C18H18N4O. The van der Waals surface area contributed by atoms with Gasteiger partial charge in [-0.05, 0) is 37.3 Å². The summed E-state index contributed by atoms with van der Waals surface area (Å²) in [6, 6.07) is 13.4. The van der Waals surface area contributed by atoms with Crippen LogP contribution >= 0.6 is 0 Å². The Labute approximate surface area is 135 Å². The van der Waals surface area contributed by atoms with E-state index in [1.54, 1.807) is 19.1 Å². The van der Waals surface area contributed by atoms with E-state index in [0.29, 0.717) is 23.6 Å². The van der Waals surface area contributed by atoms with Crippen molar-refractivity contribution in [1.82, 2.24) is 0 Å². The number of ether oxygens (including phenoxy) is 1. The van der Waals surface area contributed by atoms with Crippen LogP contribution in [-0.2, 0) is 0 Å². The summed E-state index contributed by atoms with van der Waals surface area (Å²) in [4.78, 5) is 0. The maximum atomic E-state index is 9.00. The molecule has 1 heterocycles. The molecule has 0 saturated heterocycles. The number of nitrogens with one attached hydrogen (secondary N) is 2. The van der Waals surface area contributed by atoms with E-state index in [9.17, 15) is 0 Å². The zero-order valence-electron chi connectivity index (χ0n) is 12.9. The molecule has 0 aliphatic carbocycles. The standard InChI is InChI=1S/C18H18N4O/c1-11(20)15-9-13(3-5-16(15)21)22-17-6-7-23-18-8-12(10-19)2-4-14(17)18/h2-5,8-9,17,20,22H,6-7,21H2,1H3. The van der Waals surface area contributed by atoms with Gasteiger partial charge in [0.15, 0.2) is 0 Å². The zero-order chi connectivity index (χ0) is 16.4. The molecule has 0 fully saturated rings. The molecule has 1 aliphatic heterocycles. The highest BCUT2D eigenvalue weighted by atomic mass is 16.5. The van der Waals surface area contributed by atoms with Crippen LogP contribution in [0.4, 0.5) is 11.4 Å². The molecule has 4 N–H and O–H groups in total. The van der Waals surface area contributed by atoms with E-state index >= 15 is 0 Å². The van der Waals surface area contributed by atoms with Crippen LogP contribution < -0.4 is 15.8 Å². The number of benzene rings is 2. The number of hydrogen-bond donors (Lipinski definition) is 3. The second-order valence-corrected chi connectivity index (χ2v) is 5.63. The normalized spacial score (nSPS) is 15.9. The van der Waals surface area contributed by atoms with Gasteiger partial charge in [-0.1, -0.05) is 6.07 Å². The summed E-state index contributed by atoms with van der Waals surface area (Å²) in [5.74, 6) is 0.756. The fraction of sp³-hybridized carbons (Fsp3) is 0.222. The van der Waals surface area contributed by atoms with E-state index in [4.69, 9.17) is 21.1 Å². The average Bonchev–Trinajstić information content (AvgIpc) is 2.56. The minimum absolute atomic E-state index is 0.106. The molecule has 2 aromatic carbocycles. The first kappa shape index (κ1) is 14.9. The van der Waals surface area contributed by atoms with Gasteiger partial charge in [0, 0.05) is 34.6 Å². The average molecular weight is 306 g/mol. The lowest BCUT2D eigenvalue weighted by Gasteiger charge is -2.28. The van der Waals surface area contributed by atoms with E-state index in [-0.39, 0.29) is 6.04 Å². The maximum absolute atomic E-state index is 9.00. The van der Waals surface area contributed by atoms with Crippen LogP contribution in [0.15, 0.2) is 36.4 Å². The third kappa shape index (κ3) is 2.97. The number of rotatable bonds is 3. The third-order valence-electron chi connectivity index (χ3n) is 3.98. The van der Waals surface area contributed by atoms with Crippen molar-refractivity contribution in [1.29, 1.82) is 10.7 Å². The number of nitriles is 1. The van der Waals surface area contributed by atoms with Gasteiger partial charge in [0.05, 0.1) is 24.3 Å². The van der Waals surface area contributed by atoms with Crippen LogP contribution in [0.25, 0.3) is 0 Å². The maximum Gasteiger partial charge on any atom is 0.125 e. The summed E-state index contributed by atoms with van der Waals surface area (Å²) in [6.45, 7) is 2.33. The highest BCUT2D eigenvalue weighted by molar-refractivity contribution is 6.01. The Hall–Kier alpha value is -3.00. The molecule has 0 bridgehead atoms. The van der Waals surface area contributed by atoms with Gasteiger partial charge in [0.25, 0.3) is 0 Å². The molecule has 0 aromatic heterocycles. The van der Waals surface area contributed by atoms with E-state index in [1.807, 2.05) is 24.3 Å². The molecule has 1 aliphatic rings. The molecule has 5 heteroatoms. The molecular weight excluding hydrogens is 288 g/mol. The summed E-state index contributed by atoms with van der Waals surface area (Å²) in [6.07, 6.45) is 0.835. The Morgan fingerprint density at radius 1 is 1.35 bits per heavy atom. The van der Waals surface area contributed by atoms with Crippen LogP contribution in [-0.4, -0.2) is 12.3 Å². The van der Waals surface area contributed by atoms with Gasteiger partial charge < -0.3 is 21.2 Å². The molecule has 1 atom stereocenters. The summed E-state index contributed by atoms with van der Waals surface area (Å²) >= 11 is 0. The molecule has 0 radical (unpaired) electrons. The van der Waals surface area contributed by atoms with E-state index in [2.05, 4.69) is 11.4 Å². The fourth-order valence-corrected chi connectivity index (χ4v) is 2.78. The molecule has 0 saturated carbocycles. The van der Waals surface area contributed by atoms with Gasteiger partial charge in [-0.2, -0.15) is 5.26 Å². The second-order valence-electron chi connectivity index (χ2n) is 5.63. The first-order valence-corrected chi connectivity index (χ1v) is 7.47. The Morgan fingerprint density at radius 3 is 2.91 bits per heavy atom. The Kier molecular flexibility index (Phi) is 3.90. The van der Waals surface area contributed by atoms with Crippen LogP contribution in [0, 0.1) is 16.7 Å². The third-order valence-corrected chi connectivity index (χ3v) is 3.98. The van der Waals surface area contributed by atoms with E-state index < -0.39 is 0 Å². The van der Waals surface area contributed by atoms with Crippen LogP contribution in [0.2, 0.25) is 0 Å².